The minimum Gasteiger partial charge on any atom is -0.474 e. The van der Waals surface area contributed by atoms with Gasteiger partial charge in [-0.2, -0.15) is 9.97 Å². The fourth-order valence-corrected chi connectivity index (χ4v) is 2.55. The summed E-state index contributed by atoms with van der Waals surface area (Å²) in [4.78, 5) is 12.7. The third-order valence-corrected chi connectivity index (χ3v) is 3.65. The molecule has 2 N–H and O–H groups in total. The lowest BCUT2D eigenvalue weighted by Gasteiger charge is -2.12. The number of allylic oxidation sites excluding steroid dienone is 1. The Balaban J connectivity index is 1.92. The number of nitrogen functional groups attached to an aromatic ring is 1. The van der Waals surface area contributed by atoms with Gasteiger partial charge in [0.15, 0.2) is 11.2 Å². The molecule has 1 aliphatic rings. The molecule has 117 valence electrons. The molecule has 0 unspecified atom stereocenters. The van der Waals surface area contributed by atoms with Gasteiger partial charge in [-0.1, -0.05) is 12.2 Å². The lowest BCUT2D eigenvalue weighted by atomic mass is 10.1. The van der Waals surface area contributed by atoms with Crippen molar-refractivity contribution < 1.29 is 14.6 Å². The van der Waals surface area contributed by atoms with Crippen LogP contribution in [-0.2, 0) is 9.84 Å². The molecule has 2 heterocycles. The average Bonchev–Trinajstić information content (AvgIpc) is 3.13. The van der Waals surface area contributed by atoms with Crippen LogP contribution in [0.3, 0.4) is 0 Å². The molecule has 8 heteroatoms. The zero-order valence-corrected chi connectivity index (χ0v) is 12.3. The second kappa shape index (κ2) is 6.29. The van der Waals surface area contributed by atoms with Gasteiger partial charge in [0.2, 0.25) is 11.8 Å². The zero-order valence-electron chi connectivity index (χ0n) is 12.3. The first-order valence-corrected chi connectivity index (χ1v) is 7.11. The van der Waals surface area contributed by atoms with Gasteiger partial charge in [0.25, 0.3) is 0 Å². The molecular formula is C14H18N5O3. The summed E-state index contributed by atoms with van der Waals surface area (Å²) in [5.74, 6) is 0.531. The van der Waals surface area contributed by atoms with Crippen molar-refractivity contribution in [2.75, 3.05) is 32.7 Å². The van der Waals surface area contributed by atoms with Crippen molar-refractivity contribution >= 4 is 17.1 Å². The molecule has 0 aliphatic heterocycles. The third kappa shape index (κ3) is 2.75. The van der Waals surface area contributed by atoms with Gasteiger partial charge in [-0.25, -0.2) is 10.1 Å². The zero-order chi connectivity index (χ0) is 15.5. The van der Waals surface area contributed by atoms with Gasteiger partial charge in [-0.05, 0) is 6.42 Å². The van der Waals surface area contributed by atoms with Crippen LogP contribution in [0.2, 0.25) is 0 Å². The topological polar surface area (TPSA) is 108 Å². The van der Waals surface area contributed by atoms with Crippen LogP contribution < -0.4 is 10.5 Å². The van der Waals surface area contributed by atoms with E-state index in [2.05, 4.69) is 15.0 Å². The summed E-state index contributed by atoms with van der Waals surface area (Å²) in [5.41, 5.74) is 6.94. The number of nitrogens with two attached hydrogens (primary N) is 1. The molecule has 2 aromatic heterocycles. The van der Waals surface area contributed by atoms with Crippen LogP contribution in [0.5, 0.6) is 5.88 Å². The predicted molar refractivity (Wildman–Crippen MR) is 78.9 cm³/mol. The molecule has 0 saturated heterocycles. The van der Waals surface area contributed by atoms with Crippen LogP contribution in [0.1, 0.15) is 12.5 Å². The van der Waals surface area contributed by atoms with Gasteiger partial charge in [-0.15, -0.1) is 0 Å². The lowest BCUT2D eigenvalue weighted by molar-refractivity contribution is 0.144. The van der Waals surface area contributed by atoms with E-state index in [0.29, 0.717) is 30.3 Å². The summed E-state index contributed by atoms with van der Waals surface area (Å²) >= 11 is 0. The van der Waals surface area contributed by atoms with Crippen molar-refractivity contribution in [2.45, 2.75) is 12.5 Å². The maximum absolute atomic E-state index is 11.0. The highest BCUT2D eigenvalue weighted by atomic mass is 16.5. The van der Waals surface area contributed by atoms with E-state index in [9.17, 15) is 5.11 Å². The third-order valence-electron chi connectivity index (χ3n) is 3.65. The van der Waals surface area contributed by atoms with Gasteiger partial charge in [0, 0.05) is 13.0 Å². The van der Waals surface area contributed by atoms with E-state index in [1.165, 1.54) is 0 Å². The van der Waals surface area contributed by atoms with Crippen molar-refractivity contribution in [1.82, 2.24) is 19.5 Å². The molecule has 1 aliphatic carbocycles. The summed E-state index contributed by atoms with van der Waals surface area (Å²) in [6, 6.07) is 0.0603. The Morgan fingerprint density at radius 1 is 1.36 bits per heavy atom. The summed E-state index contributed by atoms with van der Waals surface area (Å²) < 4.78 is 12.4. The maximum Gasteiger partial charge on any atom is 0.247 e. The number of aromatic nitrogens is 4. The number of rotatable bonds is 6. The predicted octanol–water partition coefficient (Wildman–Crippen LogP) is 0.981. The Morgan fingerprint density at radius 2 is 2.23 bits per heavy atom. The van der Waals surface area contributed by atoms with E-state index in [-0.39, 0.29) is 24.5 Å². The molecule has 0 saturated carbocycles. The minimum atomic E-state index is -0.109. The summed E-state index contributed by atoms with van der Waals surface area (Å²) in [7, 11) is 1.60. The molecular weight excluding hydrogens is 286 g/mol. The normalized spacial score (nSPS) is 20.8. The van der Waals surface area contributed by atoms with Crippen molar-refractivity contribution in [3.63, 3.8) is 0 Å². The molecule has 2 aromatic rings. The first kappa shape index (κ1) is 14.7. The van der Waals surface area contributed by atoms with Crippen LogP contribution in [0.25, 0.3) is 11.2 Å². The Bertz CT molecular complexity index is 684. The smallest absolute Gasteiger partial charge is 0.247 e. The van der Waals surface area contributed by atoms with E-state index in [1.54, 1.807) is 13.4 Å². The van der Waals surface area contributed by atoms with Crippen LogP contribution in [0, 0.1) is 5.92 Å². The molecule has 0 fully saturated rings. The number of nitrogens with zero attached hydrogens (tertiary/aromatic N) is 4. The highest BCUT2D eigenvalue weighted by molar-refractivity contribution is 5.77. The van der Waals surface area contributed by atoms with Crippen molar-refractivity contribution in [1.29, 1.82) is 0 Å². The fourth-order valence-electron chi connectivity index (χ4n) is 2.55. The van der Waals surface area contributed by atoms with Crippen LogP contribution in [-0.4, -0.2) is 46.4 Å². The average molecular weight is 304 g/mol. The highest BCUT2D eigenvalue weighted by Gasteiger charge is 2.23. The van der Waals surface area contributed by atoms with Gasteiger partial charge >= 0.3 is 0 Å². The Labute approximate surface area is 127 Å². The SMILES string of the molecule is COCCOc1nc(N)nc2c1ncn2[C@H]1C=C[C@@H](C[O])C1. The standard InChI is InChI=1S/C14H18N5O3/c1-21-4-5-22-13-11-12(17-14(15)18-13)19(8-16-11)10-3-2-9(6-10)7-20/h2-3,8-10H,4-7H2,1H3,(H2,15,17,18)/t9-,10+/m1/s1. The van der Waals surface area contributed by atoms with Crippen LogP contribution in [0.15, 0.2) is 18.5 Å². The molecule has 3 rings (SSSR count). The van der Waals surface area contributed by atoms with Crippen LogP contribution >= 0.6 is 0 Å². The first-order valence-electron chi connectivity index (χ1n) is 7.11. The Hall–Kier alpha value is -2.19. The van der Waals surface area contributed by atoms with Crippen molar-refractivity contribution in [3.8, 4) is 5.88 Å². The number of imidazole rings is 1. The molecule has 0 aromatic carbocycles. The largest absolute Gasteiger partial charge is 0.474 e. The van der Waals surface area contributed by atoms with Crippen molar-refractivity contribution in [2.24, 2.45) is 5.92 Å². The number of ether oxygens (including phenoxy) is 2. The summed E-state index contributed by atoms with van der Waals surface area (Å²) in [6.07, 6.45) is 6.39. The van der Waals surface area contributed by atoms with E-state index >= 15 is 0 Å². The maximum atomic E-state index is 11.0. The second-order valence-corrected chi connectivity index (χ2v) is 5.17. The lowest BCUT2D eigenvalue weighted by Crippen LogP contribution is -2.10. The van der Waals surface area contributed by atoms with E-state index in [0.717, 1.165) is 6.42 Å². The summed E-state index contributed by atoms with van der Waals surface area (Å²) in [5, 5.41) is 11.0. The molecule has 22 heavy (non-hydrogen) atoms. The number of hydrogen-bond donors (Lipinski definition) is 1. The number of hydrogen-bond acceptors (Lipinski definition) is 6. The monoisotopic (exact) mass is 304 g/mol. The Kier molecular flexibility index (Phi) is 4.21. The van der Waals surface area contributed by atoms with Crippen molar-refractivity contribution in [3.05, 3.63) is 18.5 Å². The molecule has 0 bridgehead atoms. The number of fused-ring (bicyclic) bond motifs is 1. The minimum absolute atomic E-state index is 0.0547. The Morgan fingerprint density at radius 3 is 2.95 bits per heavy atom. The number of anilines is 1. The quantitative estimate of drug-likeness (QED) is 0.629. The van der Waals surface area contributed by atoms with Gasteiger partial charge in [-0.3, -0.25) is 0 Å². The van der Waals surface area contributed by atoms with E-state index < -0.39 is 0 Å². The van der Waals surface area contributed by atoms with E-state index in [4.69, 9.17) is 15.2 Å². The van der Waals surface area contributed by atoms with Gasteiger partial charge in [0.1, 0.15) is 6.61 Å². The van der Waals surface area contributed by atoms with Gasteiger partial charge < -0.3 is 19.8 Å². The fraction of sp³-hybridized carbons (Fsp3) is 0.500. The highest BCUT2D eigenvalue weighted by Crippen LogP contribution is 2.31. The van der Waals surface area contributed by atoms with Crippen LogP contribution in [0.4, 0.5) is 5.95 Å². The number of methoxy groups -OCH3 is 1. The first-order chi connectivity index (χ1) is 10.7. The molecule has 0 amide bonds. The van der Waals surface area contributed by atoms with E-state index in [1.807, 2.05) is 16.7 Å². The molecule has 2 atom stereocenters. The molecule has 0 spiro atoms. The second-order valence-electron chi connectivity index (χ2n) is 5.17. The molecule has 8 nitrogen and oxygen atoms in total. The summed E-state index contributed by atoms with van der Waals surface area (Å²) in [6.45, 7) is 0.696. The molecule has 1 radical (unpaired) electrons. The van der Waals surface area contributed by atoms with Gasteiger partial charge in [0.05, 0.1) is 25.6 Å².